The average Bonchev–Trinajstić information content (AvgIpc) is 2.53. The van der Waals surface area contributed by atoms with Crippen molar-refractivity contribution in [2.45, 2.75) is 20.3 Å². The number of carbonyl (C=O) groups excluding carboxylic acids is 1. The summed E-state index contributed by atoms with van der Waals surface area (Å²) >= 11 is 0. The van der Waals surface area contributed by atoms with Crippen molar-refractivity contribution in [3.8, 4) is 0 Å². The maximum Gasteiger partial charge on any atom is 0.358 e. The van der Waals surface area contributed by atoms with E-state index in [0.717, 1.165) is 6.42 Å². The normalized spacial score (nSPS) is 10.5. The first-order chi connectivity index (χ1) is 8.07. The second-order valence-electron chi connectivity index (χ2n) is 3.72. The summed E-state index contributed by atoms with van der Waals surface area (Å²) in [6, 6.07) is 0. The second kappa shape index (κ2) is 6.24. The van der Waals surface area contributed by atoms with Crippen molar-refractivity contribution in [3.05, 3.63) is 11.4 Å². The maximum absolute atomic E-state index is 11.7. The van der Waals surface area contributed by atoms with Crippen LogP contribution < -0.4 is 5.73 Å². The fraction of sp³-hybridized carbons (Fsp3) is 0.636. The Balaban J connectivity index is 2.47. The third-order valence-corrected chi connectivity index (χ3v) is 2.27. The van der Waals surface area contributed by atoms with Crippen LogP contribution in [0.25, 0.3) is 0 Å². The van der Waals surface area contributed by atoms with E-state index in [1.807, 2.05) is 6.92 Å². The highest BCUT2D eigenvalue weighted by Gasteiger charge is 2.18. The summed E-state index contributed by atoms with van der Waals surface area (Å²) in [5.74, 6) is -0.467. The monoisotopic (exact) mass is 241 g/mol. The molecule has 0 aliphatic carbocycles. The van der Waals surface area contributed by atoms with Gasteiger partial charge < -0.3 is 15.2 Å². The molecule has 6 nitrogen and oxygen atoms in total. The zero-order valence-electron chi connectivity index (χ0n) is 10.5. The number of esters is 1. The number of anilines is 1. The lowest BCUT2D eigenvalue weighted by Gasteiger charge is -2.06. The van der Waals surface area contributed by atoms with Gasteiger partial charge in [0.05, 0.1) is 18.0 Å². The van der Waals surface area contributed by atoms with Gasteiger partial charge in [0, 0.05) is 13.7 Å². The Morgan fingerprint density at radius 2 is 2.12 bits per heavy atom. The minimum absolute atomic E-state index is 0.225. The van der Waals surface area contributed by atoms with E-state index in [-0.39, 0.29) is 12.3 Å². The molecule has 0 atom stereocenters. The molecule has 6 heteroatoms. The van der Waals surface area contributed by atoms with Crippen LogP contribution in [-0.2, 0) is 16.5 Å². The first-order valence-electron chi connectivity index (χ1n) is 5.61. The van der Waals surface area contributed by atoms with E-state index >= 15 is 0 Å². The maximum atomic E-state index is 11.7. The van der Waals surface area contributed by atoms with Gasteiger partial charge >= 0.3 is 5.97 Å². The molecule has 0 fully saturated rings. The molecule has 0 aliphatic rings. The first kappa shape index (κ1) is 13.5. The van der Waals surface area contributed by atoms with Crippen molar-refractivity contribution in [3.63, 3.8) is 0 Å². The molecule has 0 aliphatic heterocycles. The molecule has 1 rings (SSSR count). The lowest BCUT2D eigenvalue weighted by atomic mass is 10.3. The largest absolute Gasteiger partial charge is 0.458 e. The zero-order chi connectivity index (χ0) is 12.8. The molecule has 96 valence electrons. The van der Waals surface area contributed by atoms with Gasteiger partial charge in [-0.25, -0.2) is 4.79 Å². The fourth-order valence-electron chi connectivity index (χ4n) is 1.42. The highest BCUT2D eigenvalue weighted by molar-refractivity contribution is 5.93. The van der Waals surface area contributed by atoms with E-state index in [4.69, 9.17) is 15.2 Å². The number of nitrogens with two attached hydrogens (primary N) is 1. The van der Waals surface area contributed by atoms with Gasteiger partial charge in [-0.3, -0.25) is 4.68 Å². The minimum Gasteiger partial charge on any atom is -0.458 e. The predicted octanol–water partition coefficient (Wildman–Crippen LogP) is 0.894. The molecule has 0 saturated heterocycles. The van der Waals surface area contributed by atoms with Crippen molar-refractivity contribution < 1.29 is 14.3 Å². The Kier molecular flexibility index (Phi) is 4.96. The van der Waals surface area contributed by atoms with E-state index in [9.17, 15) is 4.79 Å². The van der Waals surface area contributed by atoms with Crippen LogP contribution in [0.5, 0.6) is 0 Å². The van der Waals surface area contributed by atoms with Crippen LogP contribution in [0.4, 0.5) is 5.69 Å². The summed E-state index contributed by atoms with van der Waals surface area (Å²) in [6.07, 6.45) is 0.946. The smallest absolute Gasteiger partial charge is 0.358 e. The molecule has 2 N–H and O–H groups in total. The third-order valence-electron chi connectivity index (χ3n) is 2.27. The minimum atomic E-state index is -0.467. The predicted molar refractivity (Wildman–Crippen MR) is 63.7 cm³/mol. The van der Waals surface area contributed by atoms with E-state index in [2.05, 4.69) is 5.10 Å². The Labute approximate surface area is 101 Å². The van der Waals surface area contributed by atoms with Crippen LogP contribution in [-0.4, -0.2) is 35.6 Å². The van der Waals surface area contributed by atoms with Gasteiger partial charge in [0.15, 0.2) is 5.69 Å². The van der Waals surface area contributed by atoms with Crippen LogP contribution in [0.15, 0.2) is 0 Å². The van der Waals surface area contributed by atoms with E-state index < -0.39 is 5.97 Å². The van der Waals surface area contributed by atoms with Gasteiger partial charge in [0.2, 0.25) is 0 Å². The molecule has 0 aromatic carbocycles. The summed E-state index contributed by atoms with van der Waals surface area (Å²) < 4.78 is 11.7. The van der Waals surface area contributed by atoms with Crippen LogP contribution in [0.3, 0.4) is 0 Å². The number of nitrogen functional groups attached to an aromatic ring is 1. The molecule has 0 unspecified atom stereocenters. The molecule has 0 radical (unpaired) electrons. The number of aryl methyl sites for hydroxylation is 2. The van der Waals surface area contributed by atoms with E-state index in [1.165, 1.54) is 4.68 Å². The Bertz CT molecular complexity index is 388. The molecule has 0 bridgehead atoms. The topological polar surface area (TPSA) is 79.4 Å². The quantitative estimate of drug-likeness (QED) is 0.591. The Morgan fingerprint density at radius 1 is 1.41 bits per heavy atom. The number of ether oxygens (including phenoxy) is 2. The third kappa shape index (κ3) is 3.45. The summed E-state index contributed by atoms with van der Waals surface area (Å²) in [5, 5.41) is 4.05. The van der Waals surface area contributed by atoms with Crippen molar-refractivity contribution in [1.82, 2.24) is 9.78 Å². The molecule has 0 spiro atoms. The molecule has 17 heavy (non-hydrogen) atoms. The van der Waals surface area contributed by atoms with Gasteiger partial charge in [-0.05, 0) is 13.3 Å². The van der Waals surface area contributed by atoms with Crippen LogP contribution in [0.1, 0.15) is 29.5 Å². The molecule has 1 heterocycles. The first-order valence-corrected chi connectivity index (χ1v) is 5.61. The van der Waals surface area contributed by atoms with Crippen LogP contribution in [0, 0.1) is 6.92 Å². The highest BCUT2D eigenvalue weighted by atomic mass is 16.6. The van der Waals surface area contributed by atoms with Crippen LogP contribution >= 0.6 is 0 Å². The average molecular weight is 241 g/mol. The van der Waals surface area contributed by atoms with E-state index in [1.54, 1.807) is 14.0 Å². The van der Waals surface area contributed by atoms with Gasteiger partial charge in [-0.1, -0.05) is 6.92 Å². The molecule has 1 aromatic heterocycles. The molecule has 0 amide bonds. The molecular weight excluding hydrogens is 222 g/mol. The highest BCUT2D eigenvalue weighted by Crippen LogP contribution is 2.15. The van der Waals surface area contributed by atoms with Gasteiger partial charge in [-0.15, -0.1) is 0 Å². The van der Waals surface area contributed by atoms with Crippen molar-refractivity contribution >= 4 is 11.7 Å². The zero-order valence-corrected chi connectivity index (χ0v) is 10.5. The van der Waals surface area contributed by atoms with Crippen molar-refractivity contribution in [1.29, 1.82) is 0 Å². The van der Waals surface area contributed by atoms with Crippen molar-refractivity contribution in [2.75, 3.05) is 25.6 Å². The second-order valence-corrected chi connectivity index (χ2v) is 3.72. The molecular formula is C11H19N3O3. The summed E-state index contributed by atoms with van der Waals surface area (Å²) in [6.45, 7) is 5.06. The lowest BCUT2D eigenvalue weighted by molar-refractivity contribution is 0.0309. The van der Waals surface area contributed by atoms with Gasteiger partial charge in [0.25, 0.3) is 0 Å². The number of carbonyl (C=O) groups is 1. The SMILES string of the molecule is CCCOCCOC(=O)c1c(N)c(C)nn1C. The fourth-order valence-corrected chi connectivity index (χ4v) is 1.42. The molecule has 0 saturated carbocycles. The summed E-state index contributed by atoms with van der Waals surface area (Å²) in [7, 11) is 1.66. The lowest BCUT2D eigenvalue weighted by Crippen LogP contribution is -2.15. The number of hydrogen-bond donors (Lipinski definition) is 1. The van der Waals surface area contributed by atoms with Gasteiger partial charge in [-0.2, -0.15) is 5.10 Å². The number of aromatic nitrogens is 2. The summed E-state index contributed by atoms with van der Waals surface area (Å²) in [5.41, 5.74) is 7.02. The Hall–Kier alpha value is -1.56. The van der Waals surface area contributed by atoms with E-state index in [0.29, 0.717) is 24.6 Å². The Morgan fingerprint density at radius 3 is 2.65 bits per heavy atom. The number of nitrogens with zero attached hydrogens (tertiary/aromatic N) is 2. The number of hydrogen-bond acceptors (Lipinski definition) is 5. The molecule has 1 aromatic rings. The van der Waals surface area contributed by atoms with Gasteiger partial charge in [0.1, 0.15) is 6.61 Å². The summed E-state index contributed by atoms with van der Waals surface area (Å²) in [4.78, 5) is 11.7. The standard InChI is InChI=1S/C11H19N3O3/c1-4-5-16-6-7-17-11(15)10-9(12)8(2)13-14(10)3/h4-7,12H2,1-3H3. The van der Waals surface area contributed by atoms with Crippen molar-refractivity contribution in [2.24, 2.45) is 7.05 Å². The number of rotatable bonds is 6. The van der Waals surface area contributed by atoms with Crippen LogP contribution in [0.2, 0.25) is 0 Å².